The molecule has 1 amide bonds. The van der Waals surface area contributed by atoms with E-state index in [0.717, 1.165) is 11.1 Å². The molecule has 4 aromatic rings. The number of aromatic nitrogens is 3. The Morgan fingerprint density at radius 2 is 1.93 bits per heavy atom. The van der Waals surface area contributed by atoms with Crippen molar-refractivity contribution in [1.29, 1.82) is 5.41 Å². The van der Waals surface area contributed by atoms with E-state index in [2.05, 4.69) is 10.3 Å². The molecule has 29 heavy (non-hydrogen) atoms. The molecule has 2 N–H and O–H groups in total. The van der Waals surface area contributed by atoms with Crippen LogP contribution in [0.15, 0.2) is 59.5 Å². The normalized spacial score (nSPS) is 11.1. The van der Waals surface area contributed by atoms with Crippen molar-refractivity contribution >= 4 is 22.6 Å². The van der Waals surface area contributed by atoms with E-state index in [1.807, 2.05) is 38.1 Å². The van der Waals surface area contributed by atoms with Crippen LogP contribution in [0.1, 0.15) is 28.4 Å². The zero-order valence-electron chi connectivity index (χ0n) is 16.3. The molecule has 1 aromatic carbocycles. The molecular formula is C22H21N5O2. The highest BCUT2D eigenvalue weighted by molar-refractivity contribution is 5.96. The topological polar surface area (TPSA) is 92.2 Å². The van der Waals surface area contributed by atoms with Gasteiger partial charge in [-0.15, -0.1) is 0 Å². The molecule has 0 aliphatic carbocycles. The molecule has 0 saturated carbocycles. The Hall–Kier alpha value is -3.74. The van der Waals surface area contributed by atoms with Crippen LogP contribution in [0.5, 0.6) is 0 Å². The van der Waals surface area contributed by atoms with E-state index < -0.39 is 5.91 Å². The van der Waals surface area contributed by atoms with Gasteiger partial charge in [0.1, 0.15) is 16.8 Å². The molecule has 3 aromatic heterocycles. The average Bonchev–Trinajstić information content (AvgIpc) is 2.73. The first-order valence-corrected chi connectivity index (χ1v) is 9.43. The van der Waals surface area contributed by atoms with Crippen LogP contribution in [-0.4, -0.2) is 19.9 Å². The van der Waals surface area contributed by atoms with Gasteiger partial charge >= 0.3 is 0 Å². The minimum atomic E-state index is -0.391. The van der Waals surface area contributed by atoms with Crippen molar-refractivity contribution in [2.45, 2.75) is 26.9 Å². The van der Waals surface area contributed by atoms with Crippen molar-refractivity contribution in [2.75, 3.05) is 0 Å². The van der Waals surface area contributed by atoms with Gasteiger partial charge in [0.15, 0.2) is 0 Å². The van der Waals surface area contributed by atoms with Crippen molar-refractivity contribution in [1.82, 2.24) is 19.3 Å². The summed E-state index contributed by atoms with van der Waals surface area (Å²) < 4.78 is 3.03. The molecular weight excluding hydrogens is 366 g/mol. The molecule has 0 fully saturated rings. The van der Waals surface area contributed by atoms with Crippen LogP contribution in [0.4, 0.5) is 0 Å². The number of carbonyl (C=O) groups is 1. The zero-order valence-corrected chi connectivity index (χ0v) is 16.3. The largest absolute Gasteiger partial charge is 0.348 e. The number of hydrogen-bond donors (Lipinski definition) is 2. The molecule has 3 heterocycles. The van der Waals surface area contributed by atoms with Gasteiger partial charge in [-0.1, -0.05) is 35.9 Å². The molecule has 0 spiro atoms. The Balaban J connectivity index is 1.80. The lowest BCUT2D eigenvalue weighted by Crippen LogP contribution is -2.34. The first-order valence-electron chi connectivity index (χ1n) is 9.43. The van der Waals surface area contributed by atoms with Gasteiger partial charge < -0.3 is 9.88 Å². The van der Waals surface area contributed by atoms with Crippen LogP contribution in [0.25, 0.3) is 16.7 Å². The highest BCUT2D eigenvalue weighted by Gasteiger charge is 2.16. The van der Waals surface area contributed by atoms with Gasteiger partial charge in [0.2, 0.25) is 0 Å². The van der Waals surface area contributed by atoms with Gasteiger partial charge in [-0.2, -0.15) is 0 Å². The Labute approximate surface area is 166 Å². The fourth-order valence-electron chi connectivity index (χ4n) is 3.35. The minimum Gasteiger partial charge on any atom is -0.348 e. The van der Waals surface area contributed by atoms with E-state index in [-0.39, 0.29) is 16.6 Å². The molecule has 0 bridgehead atoms. The fourth-order valence-corrected chi connectivity index (χ4v) is 3.35. The lowest BCUT2D eigenvalue weighted by molar-refractivity contribution is 0.0948. The van der Waals surface area contributed by atoms with E-state index in [0.29, 0.717) is 29.8 Å². The second-order valence-corrected chi connectivity index (χ2v) is 6.90. The van der Waals surface area contributed by atoms with Crippen LogP contribution in [0, 0.1) is 12.3 Å². The third-order valence-electron chi connectivity index (χ3n) is 4.95. The number of fused-ring (bicyclic) bond motifs is 2. The molecule has 0 aliphatic heterocycles. The van der Waals surface area contributed by atoms with Crippen LogP contribution in [-0.2, 0) is 13.1 Å². The lowest BCUT2D eigenvalue weighted by Gasteiger charge is -2.13. The summed E-state index contributed by atoms with van der Waals surface area (Å²) in [5.74, 6) is -0.391. The average molecular weight is 387 g/mol. The number of hydrogen-bond acceptors (Lipinski definition) is 4. The number of aryl methyl sites for hydroxylation is 2. The lowest BCUT2D eigenvalue weighted by atomic mass is 10.1. The third kappa shape index (κ3) is 3.31. The van der Waals surface area contributed by atoms with Crippen molar-refractivity contribution in [3.63, 3.8) is 0 Å². The summed E-state index contributed by atoms with van der Waals surface area (Å²) in [5.41, 5.74) is 2.95. The summed E-state index contributed by atoms with van der Waals surface area (Å²) in [5, 5.41) is 11.7. The Morgan fingerprint density at radius 3 is 2.66 bits per heavy atom. The van der Waals surface area contributed by atoms with Gasteiger partial charge in [-0.25, -0.2) is 4.98 Å². The predicted octanol–water partition coefficient (Wildman–Crippen LogP) is 2.39. The highest BCUT2D eigenvalue weighted by atomic mass is 16.1. The maximum Gasteiger partial charge on any atom is 0.267 e. The van der Waals surface area contributed by atoms with Crippen molar-refractivity contribution in [2.24, 2.45) is 0 Å². The molecule has 0 unspecified atom stereocenters. The molecule has 0 aliphatic rings. The van der Waals surface area contributed by atoms with E-state index in [1.54, 1.807) is 29.0 Å². The predicted molar refractivity (Wildman–Crippen MR) is 111 cm³/mol. The molecule has 0 atom stereocenters. The van der Waals surface area contributed by atoms with Crippen LogP contribution < -0.4 is 16.4 Å². The maximum absolute atomic E-state index is 13.0. The summed E-state index contributed by atoms with van der Waals surface area (Å²) in [6.45, 7) is 4.63. The van der Waals surface area contributed by atoms with Gasteiger partial charge in [0.05, 0.1) is 10.9 Å². The Bertz CT molecular complexity index is 1350. The van der Waals surface area contributed by atoms with Gasteiger partial charge in [0.25, 0.3) is 11.5 Å². The second-order valence-electron chi connectivity index (χ2n) is 6.90. The van der Waals surface area contributed by atoms with E-state index in [4.69, 9.17) is 5.41 Å². The first kappa shape index (κ1) is 18.6. The van der Waals surface area contributed by atoms with Crippen LogP contribution in [0.2, 0.25) is 0 Å². The zero-order chi connectivity index (χ0) is 20.5. The van der Waals surface area contributed by atoms with Crippen molar-refractivity contribution in [3.8, 4) is 0 Å². The van der Waals surface area contributed by atoms with Gasteiger partial charge in [0, 0.05) is 19.3 Å². The molecule has 7 nitrogen and oxygen atoms in total. The number of rotatable bonds is 4. The summed E-state index contributed by atoms with van der Waals surface area (Å²) >= 11 is 0. The first-order chi connectivity index (χ1) is 14.0. The number of benzene rings is 1. The summed E-state index contributed by atoms with van der Waals surface area (Å²) in [4.78, 5) is 30.3. The van der Waals surface area contributed by atoms with Gasteiger partial charge in [-0.05, 0) is 37.6 Å². The third-order valence-corrected chi connectivity index (χ3v) is 4.95. The van der Waals surface area contributed by atoms with E-state index >= 15 is 0 Å². The number of amides is 1. The van der Waals surface area contributed by atoms with Crippen molar-refractivity contribution < 1.29 is 4.79 Å². The summed E-state index contributed by atoms with van der Waals surface area (Å²) in [6.07, 6.45) is 1.64. The summed E-state index contributed by atoms with van der Waals surface area (Å²) in [7, 11) is 0. The van der Waals surface area contributed by atoms with Crippen LogP contribution >= 0.6 is 0 Å². The molecule has 0 radical (unpaired) electrons. The minimum absolute atomic E-state index is 0.0357. The smallest absolute Gasteiger partial charge is 0.267 e. The second kappa shape index (κ2) is 7.35. The number of carbonyl (C=O) groups excluding carboxylic acids is 1. The number of pyridine rings is 2. The van der Waals surface area contributed by atoms with E-state index in [9.17, 15) is 9.59 Å². The maximum atomic E-state index is 13.0. The quantitative estimate of drug-likeness (QED) is 0.527. The SMILES string of the molecule is CCn1c(=N)c(C(=O)NCc2ccc(C)cc2)cc2c(=O)n3ccccc3nc21. The summed E-state index contributed by atoms with van der Waals surface area (Å²) in [6, 6.07) is 14.6. The standard InChI is InChI=1S/C22H21N5O2/c1-3-26-19(23)16(21(28)24-13-15-9-7-14(2)8-10-15)12-17-20(26)25-18-6-4-5-11-27(18)22(17)29/h4-12,23H,3,13H2,1-2H3,(H,24,28). The number of nitrogens with one attached hydrogen (secondary N) is 2. The van der Waals surface area contributed by atoms with E-state index in [1.165, 1.54) is 10.5 Å². The molecule has 0 saturated heterocycles. The van der Waals surface area contributed by atoms with Gasteiger partial charge in [-0.3, -0.25) is 19.4 Å². The van der Waals surface area contributed by atoms with Crippen molar-refractivity contribution in [3.05, 3.63) is 87.3 Å². The Kier molecular flexibility index (Phi) is 4.72. The monoisotopic (exact) mass is 387 g/mol. The molecule has 4 rings (SSSR count). The number of nitrogens with zero attached hydrogens (tertiary/aromatic N) is 3. The molecule has 7 heteroatoms. The highest BCUT2D eigenvalue weighted by Crippen LogP contribution is 2.10. The fraction of sp³-hybridized carbons (Fsp3) is 0.182. The Morgan fingerprint density at radius 1 is 1.17 bits per heavy atom. The molecule has 146 valence electrons. The van der Waals surface area contributed by atoms with Crippen LogP contribution in [0.3, 0.4) is 0 Å².